The molecule has 6 rings (SSSR count). The Morgan fingerprint density at radius 2 is 1.78 bits per heavy atom. The number of carbonyl (C=O) groups excluding carboxylic acids is 1. The molecule has 160 valence electrons. The van der Waals surface area contributed by atoms with Crippen molar-refractivity contribution in [2.45, 2.75) is 39.8 Å². The van der Waals surface area contributed by atoms with E-state index < -0.39 is 5.66 Å². The smallest absolute Gasteiger partial charge is 0.279 e. The molecule has 0 fully saturated rings. The fraction of sp³-hybridized carbons (Fsp3) is 0.259. The van der Waals surface area contributed by atoms with E-state index in [9.17, 15) is 4.79 Å². The highest BCUT2D eigenvalue weighted by Gasteiger charge is 2.56. The second-order valence-corrected chi connectivity index (χ2v) is 9.05. The number of hydrogen-bond donors (Lipinski definition) is 1. The highest BCUT2D eigenvalue weighted by atomic mass is 16.2. The second kappa shape index (κ2) is 6.45. The van der Waals surface area contributed by atoms with Gasteiger partial charge in [0.25, 0.3) is 5.91 Å². The molecule has 1 spiro atoms. The number of aryl methyl sites for hydroxylation is 3. The van der Waals surface area contributed by atoms with Crippen LogP contribution in [0.3, 0.4) is 0 Å². The molecule has 1 unspecified atom stereocenters. The first-order valence-corrected chi connectivity index (χ1v) is 11.3. The lowest BCUT2D eigenvalue weighted by atomic mass is 9.94. The first-order valence-electron chi connectivity index (χ1n) is 11.3. The van der Waals surface area contributed by atoms with Gasteiger partial charge in [-0.3, -0.25) is 9.36 Å². The number of hydrogen-bond acceptors (Lipinski definition) is 3. The molecule has 3 heterocycles. The van der Waals surface area contributed by atoms with Gasteiger partial charge in [0, 0.05) is 23.4 Å². The number of nitrogens with zero attached hydrogens (tertiary/aromatic N) is 3. The third-order valence-electron chi connectivity index (χ3n) is 6.92. The van der Waals surface area contributed by atoms with Gasteiger partial charge in [0.2, 0.25) is 5.66 Å². The maximum atomic E-state index is 14.3. The number of anilines is 2. The van der Waals surface area contributed by atoms with Gasteiger partial charge in [-0.1, -0.05) is 30.7 Å². The average Bonchev–Trinajstić information content (AvgIpc) is 3.25. The maximum Gasteiger partial charge on any atom is 0.279 e. The lowest BCUT2D eigenvalue weighted by molar-refractivity contribution is -0.123. The number of amides is 1. The van der Waals surface area contributed by atoms with Gasteiger partial charge in [-0.25, -0.2) is 4.98 Å². The lowest BCUT2D eigenvalue weighted by Crippen LogP contribution is -2.53. The minimum atomic E-state index is -1.06. The quantitative estimate of drug-likeness (QED) is 0.463. The molecule has 1 N–H and O–H groups in total. The molecule has 2 aliphatic heterocycles. The highest BCUT2D eigenvalue weighted by molar-refractivity contribution is 6.12. The van der Waals surface area contributed by atoms with Crippen LogP contribution >= 0.6 is 0 Å². The van der Waals surface area contributed by atoms with E-state index in [1.165, 1.54) is 11.1 Å². The zero-order chi connectivity index (χ0) is 22.2. The molecule has 5 heteroatoms. The van der Waals surface area contributed by atoms with E-state index in [4.69, 9.17) is 4.98 Å². The Morgan fingerprint density at radius 1 is 1.00 bits per heavy atom. The monoisotopic (exact) mass is 422 g/mol. The van der Waals surface area contributed by atoms with E-state index in [0.29, 0.717) is 6.54 Å². The van der Waals surface area contributed by atoms with Crippen molar-refractivity contribution < 1.29 is 4.79 Å². The molecular formula is C27H26N4O. The van der Waals surface area contributed by atoms with Gasteiger partial charge >= 0.3 is 0 Å². The van der Waals surface area contributed by atoms with Crippen LogP contribution in [0.4, 0.5) is 11.4 Å². The van der Waals surface area contributed by atoms with Gasteiger partial charge in [-0.15, -0.1) is 0 Å². The summed E-state index contributed by atoms with van der Waals surface area (Å²) in [6, 6.07) is 18.8. The largest absolute Gasteiger partial charge is 0.350 e. The molecule has 1 atom stereocenters. The summed E-state index contributed by atoms with van der Waals surface area (Å²) >= 11 is 0. The van der Waals surface area contributed by atoms with Crippen molar-refractivity contribution in [3.63, 3.8) is 0 Å². The molecular weight excluding hydrogens is 396 g/mol. The minimum absolute atomic E-state index is 0.0493. The van der Waals surface area contributed by atoms with Crippen molar-refractivity contribution >= 4 is 28.3 Å². The number of imidazole rings is 1. The fourth-order valence-electron chi connectivity index (χ4n) is 5.27. The third-order valence-corrected chi connectivity index (χ3v) is 6.92. The molecule has 0 saturated carbocycles. The van der Waals surface area contributed by atoms with Crippen LogP contribution in [-0.4, -0.2) is 22.0 Å². The molecule has 32 heavy (non-hydrogen) atoms. The van der Waals surface area contributed by atoms with Gasteiger partial charge < -0.3 is 10.2 Å². The molecule has 5 nitrogen and oxygen atoms in total. The van der Waals surface area contributed by atoms with Crippen LogP contribution in [0, 0.1) is 20.8 Å². The Labute approximate surface area is 187 Å². The third kappa shape index (κ3) is 2.28. The van der Waals surface area contributed by atoms with Crippen molar-refractivity contribution in [2.75, 3.05) is 16.8 Å². The Kier molecular flexibility index (Phi) is 3.85. The summed E-state index contributed by atoms with van der Waals surface area (Å²) in [5.41, 5.74) is 8.27. The predicted octanol–water partition coefficient (Wildman–Crippen LogP) is 5.51. The summed E-state index contributed by atoms with van der Waals surface area (Å²) in [4.78, 5) is 21.3. The van der Waals surface area contributed by atoms with Crippen LogP contribution in [0.5, 0.6) is 0 Å². The molecule has 1 aromatic heterocycles. The summed E-state index contributed by atoms with van der Waals surface area (Å²) in [6.07, 6.45) is 0.890. The van der Waals surface area contributed by atoms with E-state index >= 15 is 0 Å². The summed E-state index contributed by atoms with van der Waals surface area (Å²) in [6.45, 7) is 9.10. The van der Waals surface area contributed by atoms with Crippen LogP contribution < -0.4 is 10.2 Å². The Hall–Kier alpha value is -3.60. The number of para-hydroxylation sites is 1. The molecule has 0 radical (unpaired) electrons. The molecule has 0 bridgehead atoms. The number of carbonyl (C=O) groups is 1. The SMILES string of the molecule is CCCN1C(=O)C2(Nc3ccccc3-c3nc4cc(C)c(C)cc4n32)c2cc(C)ccc21. The molecule has 4 aromatic rings. The zero-order valence-electron chi connectivity index (χ0n) is 18.9. The van der Waals surface area contributed by atoms with E-state index in [2.05, 4.69) is 74.0 Å². The maximum absolute atomic E-state index is 14.3. The van der Waals surface area contributed by atoms with Gasteiger partial charge in [0.05, 0.1) is 16.7 Å². The van der Waals surface area contributed by atoms with Crippen LogP contribution in [0.2, 0.25) is 0 Å². The Balaban J connectivity index is 1.77. The molecule has 1 amide bonds. The van der Waals surface area contributed by atoms with Gasteiger partial charge in [0.15, 0.2) is 0 Å². The highest BCUT2D eigenvalue weighted by Crippen LogP contribution is 2.51. The molecule has 2 aliphatic rings. The van der Waals surface area contributed by atoms with Crippen molar-refractivity contribution in [3.05, 3.63) is 76.9 Å². The van der Waals surface area contributed by atoms with Crippen molar-refractivity contribution in [2.24, 2.45) is 0 Å². The molecule has 0 aliphatic carbocycles. The van der Waals surface area contributed by atoms with Gasteiger partial charge in [0.1, 0.15) is 5.82 Å². The zero-order valence-corrected chi connectivity index (χ0v) is 18.9. The van der Waals surface area contributed by atoms with Crippen LogP contribution in [-0.2, 0) is 10.5 Å². The number of aromatic nitrogens is 2. The minimum Gasteiger partial charge on any atom is -0.350 e. The lowest BCUT2D eigenvalue weighted by Gasteiger charge is -2.38. The van der Waals surface area contributed by atoms with E-state index in [0.717, 1.165) is 51.3 Å². The number of rotatable bonds is 2. The van der Waals surface area contributed by atoms with E-state index in [1.807, 2.05) is 23.1 Å². The number of fused-ring (bicyclic) bond motifs is 8. The van der Waals surface area contributed by atoms with Crippen molar-refractivity contribution in [3.8, 4) is 11.4 Å². The average molecular weight is 423 g/mol. The summed E-state index contributed by atoms with van der Waals surface area (Å²) < 4.78 is 2.15. The number of nitrogens with one attached hydrogen (secondary N) is 1. The van der Waals surface area contributed by atoms with Crippen molar-refractivity contribution in [1.29, 1.82) is 0 Å². The van der Waals surface area contributed by atoms with Crippen LogP contribution in [0.25, 0.3) is 22.4 Å². The van der Waals surface area contributed by atoms with Gasteiger partial charge in [-0.05, 0) is 74.7 Å². The summed E-state index contributed by atoms with van der Waals surface area (Å²) in [7, 11) is 0. The topological polar surface area (TPSA) is 50.2 Å². The standard InChI is InChI=1S/C27H26N4O/c1-5-12-30-23-11-10-16(2)13-20(23)27(26(30)32)29-21-9-7-6-8-19(21)25-28-22-14-17(3)18(4)15-24(22)31(25)27/h6-11,13-15,29H,5,12H2,1-4H3. The van der Waals surface area contributed by atoms with Crippen molar-refractivity contribution in [1.82, 2.24) is 9.55 Å². The molecule has 0 saturated heterocycles. The van der Waals surface area contributed by atoms with Crippen LogP contribution in [0.15, 0.2) is 54.6 Å². The first kappa shape index (κ1) is 19.1. The summed E-state index contributed by atoms with van der Waals surface area (Å²) in [5.74, 6) is 0.881. The van der Waals surface area contributed by atoms with Crippen LogP contribution in [0.1, 0.15) is 35.6 Å². The fourth-order valence-corrected chi connectivity index (χ4v) is 5.27. The number of benzene rings is 3. The second-order valence-electron chi connectivity index (χ2n) is 9.05. The van der Waals surface area contributed by atoms with Gasteiger partial charge in [-0.2, -0.15) is 0 Å². The Morgan fingerprint density at radius 3 is 2.59 bits per heavy atom. The normalized spacial score (nSPS) is 18.6. The first-order chi connectivity index (χ1) is 15.5. The Bertz CT molecular complexity index is 1430. The molecule has 3 aromatic carbocycles. The predicted molar refractivity (Wildman–Crippen MR) is 129 cm³/mol. The summed E-state index contributed by atoms with van der Waals surface area (Å²) in [5, 5.41) is 3.69. The van der Waals surface area contributed by atoms with E-state index in [1.54, 1.807) is 0 Å². The van der Waals surface area contributed by atoms with E-state index in [-0.39, 0.29) is 5.91 Å².